The van der Waals surface area contributed by atoms with Crippen LogP contribution in [0.1, 0.15) is 43.9 Å². The number of sulfonamides is 1. The largest absolute Gasteiger partial charge is 0.352 e. The molecule has 0 aliphatic heterocycles. The van der Waals surface area contributed by atoms with Crippen LogP contribution in [0.5, 0.6) is 0 Å². The van der Waals surface area contributed by atoms with Gasteiger partial charge in [-0.1, -0.05) is 25.1 Å². The van der Waals surface area contributed by atoms with E-state index in [9.17, 15) is 22.4 Å². The van der Waals surface area contributed by atoms with Crippen LogP contribution in [0.2, 0.25) is 0 Å². The molecule has 2 atom stereocenters. The smallest absolute Gasteiger partial charge is 0.244 e. The first-order valence-corrected chi connectivity index (χ1v) is 13.1. The molecule has 1 N–H and O–H groups in total. The van der Waals surface area contributed by atoms with Gasteiger partial charge in [0, 0.05) is 12.6 Å². The van der Waals surface area contributed by atoms with Crippen molar-refractivity contribution in [2.75, 3.05) is 17.1 Å². The maximum Gasteiger partial charge on any atom is 0.244 e. The fourth-order valence-electron chi connectivity index (χ4n) is 3.33. The molecule has 7 nitrogen and oxygen atoms in total. The molecule has 2 amide bonds. The monoisotopic (exact) mass is 491 g/mol. The normalized spacial score (nSPS) is 13.1. The lowest BCUT2D eigenvalue weighted by Crippen LogP contribution is -2.52. The summed E-state index contributed by atoms with van der Waals surface area (Å²) in [7, 11) is -3.79. The molecular weight excluding hydrogens is 457 g/mol. The Hall–Kier alpha value is -2.94. The third kappa shape index (κ3) is 7.28. The molecular formula is C25H34FN3O4S. The molecule has 0 aliphatic carbocycles. The Balaban J connectivity index is 2.39. The SMILES string of the molecule is CCC(C)NC(=O)C(C)N(Cc1ccc(F)cc1)C(=O)CN(c1ccc(C)c(C)c1)S(C)(=O)=O. The van der Waals surface area contributed by atoms with Crippen molar-refractivity contribution in [2.45, 2.75) is 59.7 Å². The molecule has 0 aromatic heterocycles. The van der Waals surface area contributed by atoms with Crippen LogP contribution in [-0.2, 0) is 26.2 Å². The maximum atomic E-state index is 13.5. The van der Waals surface area contributed by atoms with Crippen LogP contribution < -0.4 is 9.62 Å². The molecule has 186 valence electrons. The topological polar surface area (TPSA) is 86.8 Å². The maximum absolute atomic E-state index is 13.5. The summed E-state index contributed by atoms with van der Waals surface area (Å²) in [5, 5.41) is 2.86. The van der Waals surface area contributed by atoms with Gasteiger partial charge in [0.1, 0.15) is 18.4 Å². The standard InChI is InChI=1S/C25H34FN3O4S/c1-7-19(4)27-25(31)20(5)28(15-21-9-11-22(26)12-10-21)24(30)16-29(34(6,32)33)23-13-8-17(2)18(3)14-23/h8-14,19-20H,7,15-16H2,1-6H3,(H,27,31). The summed E-state index contributed by atoms with van der Waals surface area (Å²) in [6, 6.07) is 9.84. The lowest BCUT2D eigenvalue weighted by atomic mass is 10.1. The quantitative estimate of drug-likeness (QED) is 0.551. The number of benzene rings is 2. The van der Waals surface area contributed by atoms with E-state index in [1.807, 2.05) is 27.7 Å². The van der Waals surface area contributed by atoms with E-state index in [0.29, 0.717) is 11.3 Å². The molecule has 2 aromatic rings. The highest BCUT2D eigenvalue weighted by molar-refractivity contribution is 7.92. The summed E-state index contributed by atoms with van der Waals surface area (Å²) in [5.74, 6) is -1.30. The number of hydrogen-bond acceptors (Lipinski definition) is 4. The zero-order chi connectivity index (χ0) is 25.6. The van der Waals surface area contributed by atoms with Crippen molar-refractivity contribution in [3.05, 3.63) is 65.0 Å². The third-order valence-electron chi connectivity index (χ3n) is 5.89. The number of halogens is 1. The molecule has 0 aliphatic rings. The molecule has 2 aromatic carbocycles. The molecule has 0 spiro atoms. The van der Waals surface area contributed by atoms with Crippen molar-refractivity contribution in [3.63, 3.8) is 0 Å². The van der Waals surface area contributed by atoms with E-state index >= 15 is 0 Å². The zero-order valence-electron chi connectivity index (χ0n) is 20.6. The molecule has 0 radical (unpaired) electrons. The number of nitrogens with zero attached hydrogens (tertiary/aromatic N) is 2. The fourth-order valence-corrected chi connectivity index (χ4v) is 4.17. The molecule has 0 saturated carbocycles. The highest BCUT2D eigenvalue weighted by Gasteiger charge is 2.30. The minimum Gasteiger partial charge on any atom is -0.352 e. The number of amides is 2. The van der Waals surface area contributed by atoms with Gasteiger partial charge in [0.15, 0.2) is 0 Å². The minimum atomic E-state index is -3.79. The summed E-state index contributed by atoms with van der Waals surface area (Å²) < 4.78 is 39.6. The number of anilines is 1. The van der Waals surface area contributed by atoms with Gasteiger partial charge in [-0.3, -0.25) is 13.9 Å². The average Bonchev–Trinajstić information content (AvgIpc) is 2.77. The summed E-state index contributed by atoms with van der Waals surface area (Å²) in [5.41, 5.74) is 2.88. The van der Waals surface area contributed by atoms with Gasteiger partial charge in [-0.2, -0.15) is 0 Å². The Morgan fingerprint density at radius 2 is 1.65 bits per heavy atom. The first-order valence-electron chi connectivity index (χ1n) is 11.2. The van der Waals surface area contributed by atoms with Crippen molar-refractivity contribution in [1.29, 1.82) is 0 Å². The van der Waals surface area contributed by atoms with E-state index in [2.05, 4.69) is 5.32 Å². The number of hydrogen-bond donors (Lipinski definition) is 1. The Morgan fingerprint density at radius 1 is 1.03 bits per heavy atom. The molecule has 0 fully saturated rings. The summed E-state index contributed by atoms with van der Waals surface area (Å²) >= 11 is 0. The van der Waals surface area contributed by atoms with Crippen LogP contribution in [0, 0.1) is 19.7 Å². The first-order chi connectivity index (χ1) is 15.8. The van der Waals surface area contributed by atoms with Gasteiger partial charge >= 0.3 is 0 Å². The number of aryl methyl sites for hydroxylation is 2. The zero-order valence-corrected chi connectivity index (χ0v) is 21.4. The van der Waals surface area contributed by atoms with Gasteiger partial charge in [0.2, 0.25) is 21.8 Å². The van der Waals surface area contributed by atoms with Gasteiger partial charge in [-0.05, 0) is 75.1 Å². The van der Waals surface area contributed by atoms with Crippen molar-refractivity contribution >= 4 is 27.5 Å². The molecule has 0 saturated heterocycles. The van der Waals surface area contributed by atoms with Gasteiger partial charge in [0.25, 0.3) is 0 Å². The van der Waals surface area contributed by atoms with E-state index in [1.54, 1.807) is 25.1 Å². The summed E-state index contributed by atoms with van der Waals surface area (Å²) in [6.45, 7) is 8.73. The predicted octanol–water partition coefficient (Wildman–Crippen LogP) is 3.54. The molecule has 2 unspecified atom stereocenters. The molecule has 34 heavy (non-hydrogen) atoms. The van der Waals surface area contributed by atoms with E-state index in [1.165, 1.54) is 29.2 Å². The van der Waals surface area contributed by atoms with Gasteiger partial charge in [-0.15, -0.1) is 0 Å². The lowest BCUT2D eigenvalue weighted by Gasteiger charge is -2.32. The second-order valence-corrected chi connectivity index (χ2v) is 10.6. The van der Waals surface area contributed by atoms with Crippen molar-refractivity contribution in [3.8, 4) is 0 Å². The third-order valence-corrected chi connectivity index (χ3v) is 7.03. The summed E-state index contributed by atoms with van der Waals surface area (Å²) in [6.07, 6.45) is 1.76. The van der Waals surface area contributed by atoms with Crippen LogP contribution in [0.15, 0.2) is 42.5 Å². The van der Waals surface area contributed by atoms with Crippen molar-refractivity contribution < 1.29 is 22.4 Å². The van der Waals surface area contributed by atoms with E-state index in [0.717, 1.165) is 28.1 Å². The Labute approximate surface area is 202 Å². The van der Waals surface area contributed by atoms with Crippen LogP contribution in [0.25, 0.3) is 0 Å². The van der Waals surface area contributed by atoms with E-state index in [4.69, 9.17) is 0 Å². The highest BCUT2D eigenvalue weighted by Crippen LogP contribution is 2.22. The van der Waals surface area contributed by atoms with Crippen molar-refractivity contribution in [2.24, 2.45) is 0 Å². The Kier molecular flexibility index (Phi) is 9.21. The molecule has 9 heteroatoms. The van der Waals surface area contributed by atoms with Crippen LogP contribution in [-0.4, -0.2) is 50.0 Å². The van der Waals surface area contributed by atoms with Crippen LogP contribution in [0.3, 0.4) is 0 Å². The minimum absolute atomic E-state index is 0.0265. The molecule has 0 bridgehead atoms. The fraction of sp³-hybridized carbons (Fsp3) is 0.440. The first kappa shape index (κ1) is 27.3. The number of nitrogens with one attached hydrogen (secondary N) is 1. The van der Waals surface area contributed by atoms with Crippen LogP contribution >= 0.6 is 0 Å². The van der Waals surface area contributed by atoms with Crippen LogP contribution in [0.4, 0.5) is 10.1 Å². The molecule has 0 heterocycles. The van der Waals surface area contributed by atoms with Gasteiger partial charge < -0.3 is 10.2 Å². The summed E-state index contributed by atoms with van der Waals surface area (Å²) in [4.78, 5) is 27.6. The van der Waals surface area contributed by atoms with Gasteiger partial charge in [-0.25, -0.2) is 12.8 Å². The Morgan fingerprint density at radius 3 is 2.18 bits per heavy atom. The number of carbonyl (C=O) groups excluding carboxylic acids is 2. The Bertz CT molecular complexity index is 1120. The van der Waals surface area contributed by atoms with Gasteiger partial charge in [0.05, 0.1) is 11.9 Å². The lowest BCUT2D eigenvalue weighted by molar-refractivity contribution is -0.139. The average molecular weight is 492 g/mol. The number of carbonyl (C=O) groups is 2. The van der Waals surface area contributed by atoms with E-state index < -0.39 is 34.3 Å². The predicted molar refractivity (Wildman–Crippen MR) is 132 cm³/mol. The second-order valence-electron chi connectivity index (χ2n) is 8.68. The van der Waals surface area contributed by atoms with E-state index in [-0.39, 0.29) is 18.5 Å². The highest BCUT2D eigenvalue weighted by atomic mass is 32.2. The van der Waals surface area contributed by atoms with Crippen molar-refractivity contribution in [1.82, 2.24) is 10.2 Å². The second kappa shape index (κ2) is 11.5. The number of rotatable bonds is 10. The molecule has 2 rings (SSSR count).